The largest absolute Gasteiger partial charge is 0.574 e. The SMILES string of the molecule is Nc1nc(OC(F)(F)F)cc(C(F)F)c1C(F)(F)F. The fraction of sp³-hybridized carbons (Fsp3) is 0.375. The summed E-state index contributed by atoms with van der Waals surface area (Å²) in [5.41, 5.74) is 1.03. The van der Waals surface area contributed by atoms with Gasteiger partial charge < -0.3 is 10.5 Å². The number of aromatic nitrogens is 1. The average Bonchev–Trinajstić information content (AvgIpc) is 2.10. The summed E-state index contributed by atoms with van der Waals surface area (Å²) in [6.07, 6.45) is -14.3. The number of anilines is 1. The van der Waals surface area contributed by atoms with Crippen molar-refractivity contribution in [1.82, 2.24) is 4.98 Å². The number of nitrogens with two attached hydrogens (primary N) is 1. The van der Waals surface area contributed by atoms with Gasteiger partial charge in [-0.25, -0.2) is 8.78 Å². The van der Waals surface area contributed by atoms with E-state index in [1.54, 1.807) is 0 Å². The van der Waals surface area contributed by atoms with Crippen LogP contribution in [0.3, 0.4) is 0 Å². The Labute approximate surface area is 99.5 Å². The standard InChI is InChI=1S/C8H4F8N2O/c9-5(10)2-1-3(19-8(14,15)16)18-6(17)4(2)7(11,12)13/h1,5H,(H2,17,18). The number of pyridine rings is 1. The summed E-state index contributed by atoms with van der Waals surface area (Å²) in [7, 11) is 0. The Morgan fingerprint density at radius 1 is 1.11 bits per heavy atom. The Morgan fingerprint density at radius 3 is 2.00 bits per heavy atom. The first-order chi connectivity index (χ1) is 8.42. The number of nitrogens with zero attached hydrogens (tertiary/aromatic N) is 1. The smallest absolute Gasteiger partial charge is 0.388 e. The minimum absolute atomic E-state index is 0.155. The van der Waals surface area contributed by atoms with E-state index < -0.39 is 41.8 Å². The molecule has 0 aliphatic carbocycles. The number of alkyl halides is 8. The van der Waals surface area contributed by atoms with Crippen molar-refractivity contribution in [2.45, 2.75) is 19.0 Å². The third kappa shape index (κ3) is 3.83. The lowest BCUT2D eigenvalue weighted by Crippen LogP contribution is -2.20. The molecule has 0 spiro atoms. The fourth-order valence-electron chi connectivity index (χ4n) is 1.21. The number of hydrogen-bond donors (Lipinski definition) is 1. The second-order valence-corrected chi connectivity index (χ2v) is 3.16. The van der Waals surface area contributed by atoms with Crippen LogP contribution in [-0.2, 0) is 6.18 Å². The molecule has 0 unspecified atom stereocenters. The van der Waals surface area contributed by atoms with E-state index in [-0.39, 0.29) is 6.07 Å². The molecule has 0 amide bonds. The lowest BCUT2D eigenvalue weighted by molar-refractivity contribution is -0.276. The van der Waals surface area contributed by atoms with Crippen LogP contribution in [0.4, 0.5) is 40.9 Å². The van der Waals surface area contributed by atoms with E-state index in [1.165, 1.54) is 0 Å². The van der Waals surface area contributed by atoms with Gasteiger partial charge in [0, 0.05) is 11.6 Å². The molecular weight excluding hydrogens is 292 g/mol. The Balaban J connectivity index is 3.38. The van der Waals surface area contributed by atoms with E-state index >= 15 is 0 Å². The van der Waals surface area contributed by atoms with Crippen LogP contribution in [0.2, 0.25) is 0 Å². The number of halogens is 8. The van der Waals surface area contributed by atoms with Gasteiger partial charge in [0.25, 0.3) is 6.43 Å². The maximum absolute atomic E-state index is 12.4. The monoisotopic (exact) mass is 296 g/mol. The summed E-state index contributed by atoms with van der Waals surface area (Å²) in [6.45, 7) is 0. The van der Waals surface area contributed by atoms with Crippen molar-refractivity contribution in [2.75, 3.05) is 5.73 Å². The van der Waals surface area contributed by atoms with Gasteiger partial charge in [-0.3, -0.25) is 0 Å². The predicted molar refractivity (Wildman–Crippen MR) is 45.3 cm³/mol. The van der Waals surface area contributed by atoms with E-state index in [2.05, 4.69) is 9.72 Å². The highest BCUT2D eigenvalue weighted by atomic mass is 19.4. The minimum atomic E-state index is -5.29. The van der Waals surface area contributed by atoms with Crippen molar-refractivity contribution in [3.05, 3.63) is 17.2 Å². The predicted octanol–water partition coefficient (Wildman–Crippen LogP) is 3.52. The van der Waals surface area contributed by atoms with Crippen LogP contribution in [0.25, 0.3) is 0 Å². The van der Waals surface area contributed by atoms with Gasteiger partial charge in [0.05, 0.1) is 0 Å². The summed E-state index contributed by atoms with van der Waals surface area (Å²) in [5, 5.41) is 0. The number of ether oxygens (including phenoxy) is 1. The molecule has 1 aromatic heterocycles. The fourth-order valence-corrected chi connectivity index (χ4v) is 1.21. The van der Waals surface area contributed by atoms with Gasteiger partial charge in [-0.1, -0.05) is 0 Å². The molecule has 0 saturated carbocycles. The lowest BCUT2D eigenvalue weighted by atomic mass is 10.1. The highest BCUT2D eigenvalue weighted by Crippen LogP contribution is 2.41. The quantitative estimate of drug-likeness (QED) is 0.849. The van der Waals surface area contributed by atoms with Gasteiger partial charge in [-0.2, -0.15) is 18.2 Å². The number of rotatable bonds is 2. The zero-order chi connectivity index (χ0) is 15.0. The van der Waals surface area contributed by atoms with Gasteiger partial charge in [0.2, 0.25) is 5.88 Å². The maximum atomic E-state index is 12.4. The van der Waals surface area contributed by atoms with Crippen LogP contribution in [0, 0.1) is 0 Å². The molecule has 108 valence electrons. The molecule has 1 heterocycles. The van der Waals surface area contributed by atoms with E-state index in [9.17, 15) is 35.1 Å². The molecule has 1 rings (SSSR count). The topological polar surface area (TPSA) is 48.1 Å². The molecule has 0 fully saturated rings. The van der Waals surface area contributed by atoms with Crippen LogP contribution < -0.4 is 10.5 Å². The van der Waals surface area contributed by atoms with E-state index in [0.29, 0.717) is 0 Å². The molecule has 0 radical (unpaired) electrons. The summed E-state index contributed by atoms with van der Waals surface area (Å²) in [6, 6.07) is -0.155. The summed E-state index contributed by atoms with van der Waals surface area (Å²) in [4.78, 5) is 2.65. The molecule has 0 atom stereocenters. The third-order valence-corrected chi connectivity index (χ3v) is 1.79. The Bertz CT molecular complexity index is 467. The molecule has 0 aliphatic heterocycles. The normalized spacial score (nSPS) is 12.9. The molecule has 0 bridgehead atoms. The van der Waals surface area contributed by atoms with E-state index in [0.717, 1.165) is 0 Å². The second-order valence-electron chi connectivity index (χ2n) is 3.16. The first kappa shape index (κ1) is 15.2. The Kier molecular flexibility index (Phi) is 3.77. The Hall–Kier alpha value is -1.81. The van der Waals surface area contributed by atoms with Gasteiger partial charge in [0.1, 0.15) is 11.4 Å². The molecule has 19 heavy (non-hydrogen) atoms. The summed E-state index contributed by atoms with van der Waals surface area (Å²) < 4.78 is 101. The van der Waals surface area contributed by atoms with Crippen molar-refractivity contribution < 1.29 is 39.9 Å². The van der Waals surface area contributed by atoms with Crippen molar-refractivity contribution in [3.63, 3.8) is 0 Å². The highest BCUT2D eigenvalue weighted by Gasteiger charge is 2.40. The number of hydrogen-bond acceptors (Lipinski definition) is 3. The van der Waals surface area contributed by atoms with Crippen LogP contribution >= 0.6 is 0 Å². The zero-order valence-electron chi connectivity index (χ0n) is 8.61. The van der Waals surface area contributed by atoms with Gasteiger partial charge in [0.15, 0.2) is 0 Å². The van der Waals surface area contributed by atoms with Gasteiger partial charge in [-0.15, -0.1) is 13.2 Å². The lowest BCUT2D eigenvalue weighted by Gasteiger charge is -2.16. The Morgan fingerprint density at radius 2 is 1.63 bits per heavy atom. The van der Waals surface area contributed by atoms with E-state index in [4.69, 9.17) is 5.73 Å². The van der Waals surface area contributed by atoms with Crippen LogP contribution in [0.1, 0.15) is 17.6 Å². The second kappa shape index (κ2) is 4.70. The van der Waals surface area contributed by atoms with Gasteiger partial charge >= 0.3 is 12.5 Å². The average molecular weight is 296 g/mol. The molecule has 0 saturated heterocycles. The minimum Gasteiger partial charge on any atom is -0.388 e. The molecule has 11 heteroatoms. The van der Waals surface area contributed by atoms with Crippen LogP contribution in [0.15, 0.2) is 6.07 Å². The highest BCUT2D eigenvalue weighted by molar-refractivity contribution is 5.50. The van der Waals surface area contributed by atoms with Gasteiger partial charge in [-0.05, 0) is 0 Å². The van der Waals surface area contributed by atoms with Crippen LogP contribution in [-0.4, -0.2) is 11.3 Å². The molecule has 0 aliphatic rings. The molecule has 0 aromatic carbocycles. The summed E-state index contributed by atoms with van der Waals surface area (Å²) >= 11 is 0. The molecular formula is C8H4F8N2O. The van der Waals surface area contributed by atoms with E-state index in [1.807, 2.05) is 0 Å². The number of nitrogen functional groups attached to an aromatic ring is 1. The maximum Gasteiger partial charge on any atom is 0.574 e. The third-order valence-electron chi connectivity index (χ3n) is 1.79. The molecule has 2 N–H and O–H groups in total. The molecule has 3 nitrogen and oxygen atoms in total. The van der Waals surface area contributed by atoms with Crippen molar-refractivity contribution in [1.29, 1.82) is 0 Å². The van der Waals surface area contributed by atoms with Crippen molar-refractivity contribution >= 4 is 5.82 Å². The van der Waals surface area contributed by atoms with Crippen molar-refractivity contribution in [2.24, 2.45) is 0 Å². The molecule has 1 aromatic rings. The summed E-state index contributed by atoms with van der Waals surface area (Å²) in [5.74, 6) is -3.02. The first-order valence-electron chi connectivity index (χ1n) is 4.33. The van der Waals surface area contributed by atoms with Crippen LogP contribution in [0.5, 0.6) is 5.88 Å². The first-order valence-corrected chi connectivity index (χ1v) is 4.33. The van der Waals surface area contributed by atoms with Crippen molar-refractivity contribution in [3.8, 4) is 5.88 Å². The zero-order valence-corrected chi connectivity index (χ0v) is 8.61.